The summed E-state index contributed by atoms with van der Waals surface area (Å²) in [6.07, 6.45) is 1.81. The molecule has 1 aromatic heterocycles. The highest BCUT2D eigenvalue weighted by Crippen LogP contribution is 2.27. The van der Waals surface area contributed by atoms with Crippen LogP contribution in [0.2, 0.25) is 0 Å². The third kappa shape index (κ3) is 2.18. The van der Waals surface area contributed by atoms with E-state index in [1.54, 1.807) is 4.68 Å². The van der Waals surface area contributed by atoms with Crippen LogP contribution in [0.3, 0.4) is 0 Å². The summed E-state index contributed by atoms with van der Waals surface area (Å²) in [5.74, 6) is 0.166. The van der Waals surface area contributed by atoms with Crippen molar-refractivity contribution >= 4 is 5.69 Å². The average molecular weight is 249 g/mol. The van der Waals surface area contributed by atoms with Gasteiger partial charge in [0.1, 0.15) is 5.82 Å². The van der Waals surface area contributed by atoms with Gasteiger partial charge in [0.15, 0.2) is 5.82 Å². The van der Waals surface area contributed by atoms with Gasteiger partial charge in [-0.05, 0) is 41.5 Å². The van der Waals surface area contributed by atoms with Crippen molar-refractivity contribution in [2.45, 2.75) is 32.7 Å². The number of benzene rings is 1. The van der Waals surface area contributed by atoms with E-state index in [1.807, 2.05) is 0 Å². The third-order valence-electron chi connectivity index (χ3n) is 3.04. The van der Waals surface area contributed by atoms with Crippen LogP contribution in [0.1, 0.15) is 32.7 Å². The topological polar surface area (TPSA) is 69.6 Å². The molecule has 0 saturated heterocycles. The van der Waals surface area contributed by atoms with Gasteiger partial charge in [0.2, 0.25) is 0 Å². The first-order valence-corrected chi connectivity index (χ1v) is 6.00. The number of rotatable bonds is 4. The summed E-state index contributed by atoms with van der Waals surface area (Å²) in [6.45, 7) is 4.13. The van der Waals surface area contributed by atoms with Crippen molar-refractivity contribution in [2.24, 2.45) is 0 Å². The van der Waals surface area contributed by atoms with E-state index in [1.165, 1.54) is 18.2 Å². The number of hydrogen-bond donors (Lipinski definition) is 1. The van der Waals surface area contributed by atoms with Gasteiger partial charge >= 0.3 is 0 Å². The Kier molecular flexibility index (Phi) is 3.55. The molecule has 2 N–H and O–H groups in total. The molecule has 2 rings (SSSR count). The van der Waals surface area contributed by atoms with Crippen LogP contribution in [0, 0.1) is 5.82 Å². The van der Waals surface area contributed by atoms with E-state index in [9.17, 15) is 4.39 Å². The number of hydrogen-bond acceptors (Lipinski definition) is 4. The summed E-state index contributed by atoms with van der Waals surface area (Å²) >= 11 is 0. The van der Waals surface area contributed by atoms with Crippen molar-refractivity contribution in [3.63, 3.8) is 0 Å². The first-order chi connectivity index (χ1) is 8.67. The second-order valence-electron chi connectivity index (χ2n) is 4.15. The number of nitrogens with zero attached hydrogens (tertiary/aromatic N) is 4. The predicted molar refractivity (Wildman–Crippen MR) is 67.2 cm³/mol. The highest BCUT2D eigenvalue weighted by Gasteiger charge is 2.17. The van der Waals surface area contributed by atoms with Gasteiger partial charge in [0, 0.05) is 11.3 Å². The monoisotopic (exact) mass is 249 g/mol. The van der Waals surface area contributed by atoms with E-state index in [-0.39, 0.29) is 11.9 Å². The van der Waals surface area contributed by atoms with Crippen LogP contribution in [0.5, 0.6) is 0 Å². The molecule has 0 amide bonds. The van der Waals surface area contributed by atoms with Crippen molar-refractivity contribution in [1.82, 2.24) is 20.2 Å². The zero-order valence-electron chi connectivity index (χ0n) is 10.5. The van der Waals surface area contributed by atoms with Crippen molar-refractivity contribution in [3.05, 3.63) is 24.0 Å². The molecule has 6 heteroatoms. The first-order valence-electron chi connectivity index (χ1n) is 6.00. The molecule has 0 spiro atoms. The van der Waals surface area contributed by atoms with Crippen molar-refractivity contribution < 1.29 is 4.39 Å². The maximum Gasteiger partial charge on any atom is 0.184 e. The van der Waals surface area contributed by atoms with Crippen molar-refractivity contribution in [2.75, 3.05) is 5.73 Å². The molecule has 2 aromatic rings. The fraction of sp³-hybridized carbons (Fsp3) is 0.417. The van der Waals surface area contributed by atoms with E-state index in [0.717, 1.165) is 12.8 Å². The highest BCUT2D eigenvalue weighted by atomic mass is 19.1. The lowest BCUT2D eigenvalue weighted by Gasteiger charge is -2.14. The maximum absolute atomic E-state index is 13.3. The van der Waals surface area contributed by atoms with E-state index in [4.69, 9.17) is 5.73 Å². The van der Waals surface area contributed by atoms with Crippen LogP contribution >= 0.6 is 0 Å². The minimum absolute atomic E-state index is 0.192. The van der Waals surface area contributed by atoms with Gasteiger partial charge in [0.25, 0.3) is 0 Å². The molecule has 0 bridgehead atoms. The molecule has 1 aromatic carbocycles. The molecule has 0 fully saturated rings. The summed E-state index contributed by atoms with van der Waals surface area (Å²) in [5, 5.41) is 11.6. The van der Waals surface area contributed by atoms with Crippen LogP contribution in [0.25, 0.3) is 11.4 Å². The Labute approximate surface area is 105 Å². The summed E-state index contributed by atoms with van der Waals surface area (Å²) < 4.78 is 15.0. The molecule has 96 valence electrons. The van der Waals surface area contributed by atoms with E-state index in [2.05, 4.69) is 29.4 Å². The Morgan fingerprint density at radius 1 is 1.33 bits per heavy atom. The summed E-state index contributed by atoms with van der Waals surface area (Å²) in [7, 11) is 0. The van der Waals surface area contributed by atoms with Crippen molar-refractivity contribution in [3.8, 4) is 11.4 Å². The lowest BCUT2D eigenvalue weighted by atomic mass is 10.1. The number of nitrogens with two attached hydrogens (primary N) is 1. The Morgan fingerprint density at radius 2 is 2.06 bits per heavy atom. The van der Waals surface area contributed by atoms with Gasteiger partial charge in [-0.3, -0.25) is 0 Å². The zero-order valence-corrected chi connectivity index (χ0v) is 10.5. The van der Waals surface area contributed by atoms with Gasteiger partial charge in [0.05, 0.1) is 6.04 Å². The maximum atomic E-state index is 13.3. The highest BCUT2D eigenvalue weighted by molar-refractivity contribution is 5.71. The smallest absolute Gasteiger partial charge is 0.184 e. The van der Waals surface area contributed by atoms with Crippen LogP contribution in [0.15, 0.2) is 18.2 Å². The summed E-state index contributed by atoms with van der Waals surface area (Å²) in [6, 6.07) is 4.40. The third-order valence-corrected chi connectivity index (χ3v) is 3.04. The molecule has 1 heterocycles. The molecule has 0 aliphatic heterocycles. The van der Waals surface area contributed by atoms with Gasteiger partial charge in [-0.15, -0.1) is 5.10 Å². The largest absolute Gasteiger partial charge is 0.398 e. The number of tetrazole rings is 1. The van der Waals surface area contributed by atoms with Gasteiger partial charge in [-0.2, -0.15) is 0 Å². The fourth-order valence-electron chi connectivity index (χ4n) is 1.97. The van der Waals surface area contributed by atoms with Crippen molar-refractivity contribution in [1.29, 1.82) is 0 Å². The molecule has 0 radical (unpaired) electrons. The minimum Gasteiger partial charge on any atom is -0.398 e. The van der Waals surface area contributed by atoms with E-state index < -0.39 is 0 Å². The zero-order chi connectivity index (χ0) is 13.1. The molecule has 0 aliphatic carbocycles. The van der Waals surface area contributed by atoms with Gasteiger partial charge in [-0.1, -0.05) is 13.8 Å². The second-order valence-corrected chi connectivity index (χ2v) is 4.15. The second kappa shape index (κ2) is 5.12. The van der Waals surface area contributed by atoms with Gasteiger partial charge in [-0.25, -0.2) is 9.07 Å². The Bertz CT molecular complexity index is 533. The van der Waals surface area contributed by atoms with Gasteiger partial charge < -0.3 is 5.73 Å². The quantitative estimate of drug-likeness (QED) is 0.845. The number of aromatic nitrogens is 4. The molecule has 0 unspecified atom stereocenters. The standard InChI is InChI=1S/C12H16FN5/c1-3-9(4-2)18-12(15-16-17-18)10-7-8(13)5-6-11(10)14/h5-7,9H,3-4,14H2,1-2H3. The van der Waals surface area contributed by atoms with Crippen LogP contribution in [-0.2, 0) is 0 Å². The normalized spacial score (nSPS) is 11.1. The molecule has 0 saturated carbocycles. The Morgan fingerprint density at radius 3 is 2.72 bits per heavy atom. The van der Waals surface area contributed by atoms with Crippen LogP contribution < -0.4 is 5.73 Å². The first kappa shape index (κ1) is 12.5. The lowest BCUT2D eigenvalue weighted by molar-refractivity contribution is 0.422. The SMILES string of the molecule is CCC(CC)n1nnnc1-c1cc(F)ccc1N. The summed E-state index contributed by atoms with van der Waals surface area (Å²) in [5.41, 5.74) is 6.86. The number of anilines is 1. The van der Waals surface area contributed by atoms with E-state index in [0.29, 0.717) is 17.1 Å². The average Bonchev–Trinajstić information content (AvgIpc) is 2.83. The van der Waals surface area contributed by atoms with E-state index >= 15 is 0 Å². The Balaban J connectivity index is 2.51. The Hall–Kier alpha value is -1.98. The number of halogens is 1. The molecular formula is C12H16FN5. The predicted octanol–water partition coefficient (Wildman–Crippen LogP) is 2.42. The molecule has 18 heavy (non-hydrogen) atoms. The van der Waals surface area contributed by atoms with Crippen LogP contribution in [-0.4, -0.2) is 20.2 Å². The minimum atomic E-state index is -0.349. The molecule has 0 atom stereocenters. The lowest BCUT2D eigenvalue weighted by Crippen LogP contribution is -2.11. The number of nitrogen functional groups attached to an aromatic ring is 1. The molecular weight excluding hydrogens is 233 g/mol. The fourth-order valence-corrected chi connectivity index (χ4v) is 1.97. The molecule has 0 aliphatic rings. The van der Waals surface area contributed by atoms with Crippen LogP contribution in [0.4, 0.5) is 10.1 Å². The summed E-state index contributed by atoms with van der Waals surface area (Å²) in [4.78, 5) is 0. The molecule has 5 nitrogen and oxygen atoms in total.